The van der Waals surface area contributed by atoms with Gasteiger partial charge < -0.3 is 14.7 Å². The first kappa shape index (κ1) is 19.3. The highest BCUT2D eigenvalue weighted by Gasteiger charge is 2.19. The fourth-order valence-electron chi connectivity index (χ4n) is 2.19. The molecule has 0 aliphatic heterocycles. The molecule has 0 bridgehead atoms. The van der Waals surface area contributed by atoms with E-state index in [1.54, 1.807) is 0 Å². The molecule has 0 saturated heterocycles. The zero-order valence-corrected chi connectivity index (χ0v) is 13.6. The van der Waals surface area contributed by atoms with Crippen molar-refractivity contribution < 1.29 is 32.6 Å². The summed E-state index contributed by atoms with van der Waals surface area (Å²) in [4.78, 5) is 24.1. The van der Waals surface area contributed by atoms with E-state index in [1.165, 1.54) is 30.3 Å². The van der Waals surface area contributed by atoms with Crippen LogP contribution in [0.2, 0.25) is 0 Å². The highest BCUT2D eigenvalue weighted by atomic mass is 19.2. The monoisotopic (exact) mass is 367 g/mol. The number of hydrogen-bond donors (Lipinski definition) is 1. The molecule has 0 spiro atoms. The predicted molar refractivity (Wildman–Crippen MR) is 85.9 cm³/mol. The highest BCUT2D eigenvalue weighted by molar-refractivity contribution is 5.78. The summed E-state index contributed by atoms with van der Waals surface area (Å²) < 4.78 is 45.8. The zero-order valence-electron chi connectivity index (χ0n) is 13.6. The minimum atomic E-state index is -1.16. The molecule has 1 amide bonds. The number of amides is 1. The van der Waals surface area contributed by atoms with Crippen molar-refractivity contribution in [3.63, 3.8) is 0 Å². The second-order valence-electron chi connectivity index (χ2n) is 5.39. The number of carbonyl (C=O) groups excluding carboxylic acids is 1. The Morgan fingerprint density at radius 1 is 1.00 bits per heavy atom. The van der Waals surface area contributed by atoms with Crippen molar-refractivity contribution in [1.29, 1.82) is 0 Å². The van der Waals surface area contributed by atoms with Crippen LogP contribution in [-0.2, 0) is 16.1 Å². The maximum absolute atomic E-state index is 13.8. The number of aliphatic carboxylic acids is 1. The van der Waals surface area contributed by atoms with Crippen LogP contribution in [0.25, 0.3) is 0 Å². The molecule has 1 N–H and O–H groups in total. The van der Waals surface area contributed by atoms with Gasteiger partial charge in [-0.1, -0.05) is 24.3 Å². The molecular formula is C18H16F3NO4. The van der Waals surface area contributed by atoms with Crippen molar-refractivity contribution in [3.8, 4) is 5.75 Å². The summed E-state index contributed by atoms with van der Waals surface area (Å²) in [6.45, 7) is -1.14. The topological polar surface area (TPSA) is 66.8 Å². The van der Waals surface area contributed by atoms with E-state index in [0.717, 1.165) is 17.0 Å². The first-order valence-electron chi connectivity index (χ1n) is 7.68. The number of para-hydroxylation sites is 1. The van der Waals surface area contributed by atoms with Crippen LogP contribution in [0.4, 0.5) is 13.2 Å². The third-order valence-corrected chi connectivity index (χ3v) is 3.53. The molecule has 0 radical (unpaired) electrons. The third kappa shape index (κ3) is 5.23. The molecule has 0 heterocycles. The van der Waals surface area contributed by atoms with Crippen LogP contribution in [0.3, 0.4) is 0 Å². The molecule has 0 fully saturated rings. The first-order valence-corrected chi connectivity index (χ1v) is 7.68. The van der Waals surface area contributed by atoms with Crippen molar-refractivity contribution in [2.24, 2.45) is 0 Å². The number of carboxylic acids is 1. The van der Waals surface area contributed by atoms with Crippen molar-refractivity contribution >= 4 is 11.9 Å². The molecule has 0 aromatic heterocycles. The lowest BCUT2D eigenvalue weighted by Gasteiger charge is -2.22. The van der Waals surface area contributed by atoms with E-state index >= 15 is 0 Å². The molecule has 0 saturated carbocycles. The first-order chi connectivity index (χ1) is 12.4. The van der Waals surface area contributed by atoms with E-state index < -0.39 is 35.9 Å². The molecule has 138 valence electrons. The highest BCUT2D eigenvalue weighted by Crippen LogP contribution is 2.17. The summed E-state index contributed by atoms with van der Waals surface area (Å²) in [5.74, 6) is -4.83. The van der Waals surface area contributed by atoms with Crippen LogP contribution in [0, 0.1) is 17.5 Å². The molecule has 5 nitrogen and oxygen atoms in total. The standard InChI is InChI=1S/C18H16F3NO4/c19-13-5-1-2-7-15(13)26-11-16(23)22(9-8-17(24)25)10-12-4-3-6-14(20)18(12)21/h1-7H,8-11H2,(H,24,25). The fraction of sp³-hybridized carbons (Fsp3) is 0.222. The maximum atomic E-state index is 13.8. The SMILES string of the molecule is O=C(O)CCN(Cc1cccc(F)c1F)C(=O)COc1ccccc1F. The van der Waals surface area contributed by atoms with Gasteiger partial charge in [0.2, 0.25) is 0 Å². The minimum absolute atomic E-state index is 0.102. The van der Waals surface area contributed by atoms with Gasteiger partial charge in [0, 0.05) is 18.7 Å². The molecule has 8 heteroatoms. The number of rotatable bonds is 8. The van der Waals surface area contributed by atoms with Crippen LogP contribution in [0.15, 0.2) is 42.5 Å². The van der Waals surface area contributed by atoms with Crippen molar-refractivity contribution in [2.75, 3.05) is 13.2 Å². The fourth-order valence-corrected chi connectivity index (χ4v) is 2.19. The van der Waals surface area contributed by atoms with Crippen LogP contribution >= 0.6 is 0 Å². The van der Waals surface area contributed by atoms with Crippen molar-refractivity contribution in [1.82, 2.24) is 4.90 Å². The summed E-state index contributed by atoms with van der Waals surface area (Å²) >= 11 is 0. The van der Waals surface area contributed by atoms with E-state index in [9.17, 15) is 22.8 Å². The van der Waals surface area contributed by atoms with Gasteiger partial charge in [0.05, 0.1) is 6.42 Å². The summed E-state index contributed by atoms with van der Waals surface area (Å²) in [6, 6.07) is 8.97. The third-order valence-electron chi connectivity index (χ3n) is 3.53. The summed E-state index contributed by atoms with van der Waals surface area (Å²) in [7, 11) is 0. The van der Waals surface area contributed by atoms with Gasteiger partial charge in [-0.25, -0.2) is 13.2 Å². The van der Waals surface area contributed by atoms with Gasteiger partial charge in [0.25, 0.3) is 5.91 Å². The second-order valence-corrected chi connectivity index (χ2v) is 5.39. The molecule has 2 rings (SSSR count). The molecule has 0 atom stereocenters. The van der Waals surface area contributed by atoms with Crippen LogP contribution < -0.4 is 4.74 Å². The smallest absolute Gasteiger partial charge is 0.305 e. The lowest BCUT2D eigenvalue weighted by Crippen LogP contribution is -2.36. The molecular weight excluding hydrogens is 351 g/mol. The molecule has 2 aromatic rings. The van der Waals surface area contributed by atoms with Crippen LogP contribution in [0.5, 0.6) is 5.75 Å². The Hall–Kier alpha value is -3.03. The second kappa shape index (κ2) is 8.89. The van der Waals surface area contributed by atoms with Gasteiger partial charge in [0.1, 0.15) is 0 Å². The average molecular weight is 367 g/mol. The Bertz CT molecular complexity index is 798. The van der Waals surface area contributed by atoms with Gasteiger partial charge in [-0.05, 0) is 18.2 Å². The van der Waals surface area contributed by atoms with Gasteiger partial charge in [0.15, 0.2) is 29.8 Å². The minimum Gasteiger partial charge on any atom is -0.481 e. The number of carboxylic acid groups (broad SMARTS) is 1. The van der Waals surface area contributed by atoms with Crippen LogP contribution in [-0.4, -0.2) is 35.0 Å². The lowest BCUT2D eigenvalue weighted by molar-refractivity contribution is -0.139. The van der Waals surface area contributed by atoms with Gasteiger partial charge in [-0.3, -0.25) is 9.59 Å². The maximum Gasteiger partial charge on any atom is 0.305 e. The van der Waals surface area contributed by atoms with E-state index in [-0.39, 0.29) is 30.8 Å². The molecule has 26 heavy (non-hydrogen) atoms. The number of nitrogens with zero attached hydrogens (tertiary/aromatic N) is 1. The van der Waals surface area contributed by atoms with Gasteiger partial charge in [-0.2, -0.15) is 0 Å². The molecule has 0 aliphatic carbocycles. The summed E-state index contributed by atoms with van der Waals surface area (Å²) in [5, 5.41) is 8.80. The van der Waals surface area contributed by atoms with E-state index in [4.69, 9.17) is 9.84 Å². The number of ether oxygens (including phenoxy) is 1. The van der Waals surface area contributed by atoms with Crippen molar-refractivity contribution in [2.45, 2.75) is 13.0 Å². The van der Waals surface area contributed by atoms with Crippen LogP contribution in [0.1, 0.15) is 12.0 Å². The Morgan fingerprint density at radius 3 is 2.38 bits per heavy atom. The quantitative estimate of drug-likeness (QED) is 0.779. The van der Waals surface area contributed by atoms with E-state index in [2.05, 4.69) is 0 Å². The average Bonchev–Trinajstić information content (AvgIpc) is 2.61. The largest absolute Gasteiger partial charge is 0.481 e. The Labute approximate surface area is 147 Å². The number of halogens is 3. The number of carbonyl (C=O) groups is 2. The van der Waals surface area contributed by atoms with Gasteiger partial charge in [-0.15, -0.1) is 0 Å². The lowest BCUT2D eigenvalue weighted by atomic mass is 10.2. The Morgan fingerprint density at radius 2 is 1.69 bits per heavy atom. The Balaban J connectivity index is 2.10. The van der Waals surface area contributed by atoms with E-state index in [1.807, 2.05) is 0 Å². The van der Waals surface area contributed by atoms with E-state index in [0.29, 0.717) is 0 Å². The molecule has 2 aromatic carbocycles. The zero-order chi connectivity index (χ0) is 19.1. The normalized spacial score (nSPS) is 10.4. The number of hydrogen-bond acceptors (Lipinski definition) is 3. The van der Waals surface area contributed by atoms with Crippen molar-refractivity contribution in [3.05, 3.63) is 65.5 Å². The van der Waals surface area contributed by atoms with Gasteiger partial charge >= 0.3 is 5.97 Å². The molecule has 0 unspecified atom stereocenters. The summed E-state index contributed by atoms with van der Waals surface area (Å²) in [5.41, 5.74) is -0.102. The Kier molecular flexibility index (Phi) is 6.60. The molecule has 0 aliphatic rings. The number of benzene rings is 2. The predicted octanol–water partition coefficient (Wildman–Crippen LogP) is 2.99. The summed E-state index contributed by atoms with van der Waals surface area (Å²) in [6.07, 6.45) is -0.387.